The number of nitrogen functional groups attached to an aromatic ring is 1. The molecule has 1 amide bonds. The van der Waals surface area contributed by atoms with Crippen LogP contribution in [0.4, 0.5) is 38.0 Å². The Balaban J connectivity index is 1.86. The Morgan fingerprint density at radius 3 is 1.93 bits per heavy atom. The molecule has 5 nitrogen and oxygen atoms in total. The van der Waals surface area contributed by atoms with Crippen LogP contribution in [0.1, 0.15) is 21.5 Å². The Morgan fingerprint density at radius 2 is 1.48 bits per heavy atom. The van der Waals surface area contributed by atoms with Gasteiger partial charge in [-0.2, -0.15) is 26.3 Å². The van der Waals surface area contributed by atoms with Gasteiger partial charge in [-0.15, -0.1) is 0 Å². The fraction of sp³-hybridized carbons (Fsp3) is 0.111. The average Bonchev–Trinajstić information content (AvgIpc) is 3.07. The maximum absolute atomic E-state index is 12.9. The Hall–Kier alpha value is -3.50. The molecule has 0 fully saturated rings. The number of rotatable bonds is 3. The summed E-state index contributed by atoms with van der Waals surface area (Å²) >= 11 is 0. The monoisotopic (exact) mass is 414 g/mol. The summed E-state index contributed by atoms with van der Waals surface area (Å²) in [5, 5.41) is 2.28. The van der Waals surface area contributed by atoms with Gasteiger partial charge in [-0.1, -0.05) is 12.1 Å². The minimum absolute atomic E-state index is 0.0400. The van der Waals surface area contributed by atoms with Gasteiger partial charge in [0.25, 0.3) is 5.91 Å². The van der Waals surface area contributed by atoms with Crippen molar-refractivity contribution in [1.82, 2.24) is 9.97 Å². The van der Waals surface area contributed by atoms with Crippen LogP contribution in [0.25, 0.3) is 11.3 Å². The molecule has 3 rings (SSSR count). The summed E-state index contributed by atoms with van der Waals surface area (Å²) in [6.07, 6.45) is -8.60. The predicted molar refractivity (Wildman–Crippen MR) is 92.8 cm³/mol. The molecule has 0 bridgehead atoms. The molecule has 1 heterocycles. The molecule has 1 aromatic heterocycles. The van der Waals surface area contributed by atoms with Gasteiger partial charge in [0.1, 0.15) is 0 Å². The maximum atomic E-state index is 12.9. The van der Waals surface area contributed by atoms with Gasteiger partial charge in [0.15, 0.2) is 5.95 Å². The van der Waals surface area contributed by atoms with Gasteiger partial charge in [0.05, 0.1) is 23.0 Å². The zero-order valence-electron chi connectivity index (χ0n) is 14.3. The Bertz CT molecular complexity index is 1010. The highest BCUT2D eigenvalue weighted by molar-refractivity contribution is 6.04. The van der Waals surface area contributed by atoms with Gasteiger partial charge in [-0.25, -0.2) is 4.98 Å². The minimum atomic E-state index is -5.04. The summed E-state index contributed by atoms with van der Waals surface area (Å²) in [6.45, 7) is 0. The summed E-state index contributed by atoms with van der Waals surface area (Å²) in [4.78, 5) is 18.9. The smallest absolute Gasteiger partial charge is 0.369 e. The van der Waals surface area contributed by atoms with E-state index < -0.39 is 35.0 Å². The van der Waals surface area contributed by atoms with Crippen LogP contribution in [-0.2, 0) is 12.4 Å². The van der Waals surface area contributed by atoms with Gasteiger partial charge in [0, 0.05) is 11.3 Å². The molecule has 0 saturated heterocycles. The van der Waals surface area contributed by atoms with Crippen molar-refractivity contribution in [1.29, 1.82) is 0 Å². The molecule has 4 N–H and O–H groups in total. The molecular formula is C18H12F6N4O. The van der Waals surface area contributed by atoms with Crippen molar-refractivity contribution in [3.63, 3.8) is 0 Å². The lowest BCUT2D eigenvalue weighted by atomic mass is 10.0. The van der Waals surface area contributed by atoms with Gasteiger partial charge in [-0.05, 0) is 35.9 Å². The Kier molecular flexibility index (Phi) is 4.99. The molecule has 11 heteroatoms. The zero-order chi connectivity index (χ0) is 21.4. The summed E-state index contributed by atoms with van der Waals surface area (Å²) in [5.41, 5.74) is 3.01. The van der Waals surface area contributed by atoms with E-state index in [1.165, 1.54) is 18.3 Å². The predicted octanol–water partition coefficient (Wildman–Crippen LogP) is 4.95. The Morgan fingerprint density at radius 1 is 0.931 bits per heavy atom. The highest BCUT2D eigenvalue weighted by Crippen LogP contribution is 2.36. The molecule has 0 spiro atoms. The number of alkyl halides is 6. The lowest BCUT2D eigenvalue weighted by Gasteiger charge is -2.14. The van der Waals surface area contributed by atoms with Crippen LogP contribution in [0.3, 0.4) is 0 Å². The average molecular weight is 414 g/mol. The minimum Gasteiger partial charge on any atom is -0.369 e. The lowest BCUT2D eigenvalue weighted by Crippen LogP contribution is -2.17. The molecule has 152 valence electrons. The number of nitrogens with two attached hydrogens (primary N) is 1. The van der Waals surface area contributed by atoms with Crippen molar-refractivity contribution in [2.24, 2.45) is 0 Å². The summed E-state index contributed by atoms with van der Waals surface area (Å²) in [5.74, 6) is -0.914. The van der Waals surface area contributed by atoms with E-state index in [1.807, 2.05) is 0 Å². The number of carbonyl (C=O) groups is 1. The van der Waals surface area contributed by atoms with Gasteiger partial charge < -0.3 is 16.0 Å². The number of nitrogens with zero attached hydrogens (tertiary/aromatic N) is 1. The van der Waals surface area contributed by atoms with Crippen LogP contribution >= 0.6 is 0 Å². The topological polar surface area (TPSA) is 83.8 Å². The quantitative estimate of drug-likeness (QED) is 0.531. The van der Waals surface area contributed by atoms with Crippen molar-refractivity contribution >= 4 is 17.5 Å². The third-order valence-corrected chi connectivity index (χ3v) is 3.90. The van der Waals surface area contributed by atoms with Crippen LogP contribution in [-0.4, -0.2) is 15.9 Å². The molecule has 2 aromatic carbocycles. The SMILES string of the molecule is Nc1ncc(-c2ccc(NC(=O)c3cc(C(F)(F)F)cc(C(F)(F)F)c3)cc2)[nH]1. The number of amides is 1. The molecule has 0 unspecified atom stereocenters. The number of hydrogen-bond donors (Lipinski definition) is 3. The lowest BCUT2D eigenvalue weighted by molar-refractivity contribution is -0.143. The van der Waals surface area contributed by atoms with E-state index in [-0.39, 0.29) is 17.7 Å². The first-order valence-electron chi connectivity index (χ1n) is 7.95. The first kappa shape index (κ1) is 20.2. The highest BCUT2D eigenvalue weighted by atomic mass is 19.4. The van der Waals surface area contributed by atoms with Gasteiger partial charge in [0.2, 0.25) is 0 Å². The first-order chi connectivity index (χ1) is 13.4. The molecular weight excluding hydrogens is 402 g/mol. The summed E-state index contributed by atoms with van der Waals surface area (Å²) in [6, 6.07) is 6.69. The molecule has 0 atom stereocenters. The van der Waals surface area contributed by atoms with E-state index in [1.54, 1.807) is 12.1 Å². The number of aromatic amines is 1. The molecule has 3 aromatic rings. The van der Waals surface area contributed by atoms with E-state index in [9.17, 15) is 31.1 Å². The number of aromatic nitrogens is 2. The van der Waals surface area contributed by atoms with Crippen molar-refractivity contribution in [3.8, 4) is 11.3 Å². The van der Waals surface area contributed by atoms with Gasteiger partial charge >= 0.3 is 12.4 Å². The zero-order valence-corrected chi connectivity index (χ0v) is 14.3. The largest absolute Gasteiger partial charge is 0.416 e. The van der Waals surface area contributed by atoms with Crippen LogP contribution in [0.5, 0.6) is 0 Å². The van der Waals surface area contributed by atoms with E-state index in [0.717, 1.165) is 0 Å². The fourth-order valence-electron chi connectivity index (χ4n) is 2.51. The normalized spacial score (nSPS) is 12.1. The van der Waals surface area contributed by atoms with Crippen LogP contribution in [0.2, 0.25) is 0 Å². The van der Waals surface area contributed by atoms with E-state index >= 15 is 0 Å². The number of nitrogens with one attached hydrogen (secondary N) is 2. The number of hydrogen-bond acceptors (Lipinski definition) is 3. The molecule has 0 aliphatic heterocycles. The second kappa shape index (κ2) is 7.15. The Labute approximate surface area is 159 Å². The molecule has 0 aliphatic carbocycles. The number of anilines is 2. The number of imidazole rings is 1. The number of halogens is 6. The highest BCUT2D eigenvalue weighted by Gasteiger charge is 2.37. The van der Waals surface area contributed by atoms with Crippen molar-refractivity contribution in [2.45, 2.75) is 12.4 Å². The molecule has 0 aliphatic rings. The van der Waals surface area contributed by atoms with E-state index in [2.05, 4.69) is 15.3 Å². The number of benzene rings is 2. The molecule has 0 radical (unpaired) electrons. The second-order valence-corrected chi connectivity index (χ2v) is 6.01. The number of carbonyl (C=O) groups excluding carboxylic acids is 1. The van der Waals surface area contributed by atoms with E-state index in [4.69, 9.17) is 5.73 Å². The van der Waals surface area contributed by atoms with Crippen molar-refractivity contribution < 1.29 is 31.1 Å². The third kappa shape index (κ3) is 4.68. The third-order valence-electron chi connectivity index (χ3n) is 3.90. The van der Waals surface area contributed by atoms with Crippen LogP contribution in [0.15, 0.2) is 48.7 Å². The second-order valence-electron chi connectivity index (χ2n) is 6.01. The van der Waals surface area contributed by atoms with Crippen LogP contribution in [0, 0.1) is 0 Å². The summed E-state index contributed by atoms with van der Waals surface area (Å²) < 4.78 is 77.5. The fourth-order valence-corrected chi connectivity index (χ4v) is 2.51. The van der Waals surface area contributed by atoms with Crippen molar-refractivity contribution in [2.75, 3.05) is 11.1 Å². The maximum Gasteiger partial charge on any atom is 0.416 e. The molecule has 0 saturated carbocycles. The van der Waals surface area contributed by atoms with Gasteiger partial charge in [-0.3, -0.25) is 4.79 Å². The van der Waals surface area contributed by atoms with Crippen LogP contribution < -0.4 is 11.1 Å². The first-order valence-corrected chi connectivity index (χ1v) is 7.95. The molecule has 29 heavy (non-hydrogen) atoms. The standard InChI is InChI=1S/C18H12F6N4O/c19-17(20,21)11-5-10(6-12(7-11)18(22,23)24)15(29)27-13-3-1-9(2-4-13)14-8-26-16(25)28-14/h1-8H,(H,27,29)(H3,25,26,28). The van der Waals surface area contributed by atoms with Crippen molar-refractivity contribution in [3.05, 3.63) is 65.4 Å². The number of H-pyrrole nitrogens is 1. The summed E-state index contributed by atoms with van der Waals surface area (Å²) in [7, 11) is 0. The van der Waals surface area contributed by atoms with E-state index in [0.29, 0.717) is 23.4 Å².